The first-order valence-corrected chi connectivity index (χ1v) is 9.39. The van der Waals surface area contributed by atoms with Crippen LogP contribution in [-0.4, -0.2) is 37.8 Å². The van der Waals surface area contributed by atoms with Gasteiger partial charge in [0.2, 0.25) is 0 Å². The van der Waals surface area contributed by atoms with Crippen molar-refractivity contribution in [2.75, 3.05) is 26.7 Å². The molecule has 1 saturated carbocycles. The number of halogens is 1. The van der Waals surface area contributed by atoms with Crippen LogP contribution in [0.4, 0.5) is 0 Å². The summed E-state index contributed by atoms with van der Waals surface area (Å²) in [7, 11) is 1.79. The highest BCUT2D eigenvalue weighted by molar-refractivity contribution is 14.0. The van der Waals surface area contributed by atoms with Crippen molar-refractivity contribution in [1.29, 1.82) is 0 Å². The Morgan fingerprint density at radius 1 is 1.04 bits per heavy atom. The minimum absolute atomic E-state index is 0. The lowest BCUT2D eigenvalue weighted by atomic mass is 9.96. The van der Waals surface area contributed by atoms with Crippen LogP contribution >= 0.6 is 24.0 Å². The van der Waals surface area contributed by atoms with Gasteiger partial charge in [-0.15, -0.1) is 24.0 Å². The second-order valence-electron chi connectivity index (χ2n) is 7.26. The van der Waals surface area contributed by atoms with Gasteiger partial charge < -0.3 is 15.7 Å². The van der Waals surface area contributed by atoms with Gasteiger partial charge in [0.15, 0.2) is 5.96 Å². The van der Waals surface area contributed by atoms with Crippen LogP contribution in [0.3, 0.4) is 0 Å². The number of rotatable bonds is 8. The van der Waals surface area contributed by atoms with Crippen LogP contribution in [0.1, 0.15) is 29.9 Å². The molecule has 27 heavy (non-hydrogen) atoms. The van der Waals surface area contributed by atoms with E-state index in [1.54, 1.807) is 7.05 Å². The topological polar surface area (TPSA) is 56.7 Å². The predicted octanol–water partition coefficient (Wildman–Crippen LogP) is 3.57. The van der Waals surface area contributed by atoms with Gasteiger partial charge in [0.25, 0.3) is 0 Å². The van der Waals surface area contributed by atoms with E-state index in [9.17, 15) is 5.11 Å². The fourth-order valence-electron chi connectivity index (χ4n) is 3.35. The Morgan fingerprint density at radius 2 is 1.67 bits per heavy atom. The molecule has 2 aromatic rings. The van der Waals surface area contributed by atoms with E-state index in [1.807, 2.05) is 18.2 Å². The molecule has 3 rings (SSSR count). The lowest BCUT2D eigenvalue weighted by Gasteiger charge is -2.21. The van der Waals surface area contributed by atoms with Gasteiger partial charge in [0.05, 0.1) is 6.61 Å². The molecule has 1 atom stereocenters. The first-order chi connectivity index (χ1) is 12.7. The van der Waals surface area contributed by atoms with Gasteiger partial charge in [-0.25, -0.2) is 0 Å². The number of guanidine groups is 1. The van der Waals surface area contributed by atoms with Gasteiger partial charge in [0.1, 0.15) is 0 Å². The van der Waals surface area contributed by atoms with E-state index < -0.39 is 0 Å². The summed E-state index contributed by atoms with van der Waals surface area (Å²) in [5.41, 5.74) is 2.90. The Kier molecular flexibility index (Phi) is 8.57. The summed E-state index contributed by atoms with van der Waals surface area (Å²) in [6.07, 6.45) is 3.63. The minimum Gasteiger partial charge on any atom is -0.396 e. The molecule has 0 bridgehead atoms. The van der Waals surface area contributed by atoms with E-state index in [0.29, 0.717) is 12.0 Å². The van der Waals surface area contributed by atoms with Crippen LogP contribution in [0, 0.1) is 5.41 Å². The highest BCUT2D eigenvalue weighted by Gasteiger charge is 2.42. The largest absolute Gasteiger partial charge is 0.396 e. The zero-order valence-electron chi connectivity index (χ0n) is 15.9. The number of hydrogen-bond acceptors (Lipinski definition) is 2. The Morgan fingerprint density at radius 3 is 2.22 bits per heavy atom. The van der Waals surface area contributed by atoms with E-state index in [4.69, 9.17) is 0 Å². The molecule has 146 valence electrons. The maximum absolute atomic E-state index is 9.70. The van der Waals surface area contributed by atoms with Crippen LogP contribution in [0.5, 0.6) is 0 Å². The standard InChI is InChI=1S/C22H29N3O.HI/c1-23-21(24-15-20(16-26)19-10-6-3-7-11-19)25-17-22(12-13-22)14-18-8-4-2-5-9-18;/h2-11,20,26H,12-17H2,1H3,(H2,23,24,25);1H. The van der Waals surface area contributed by atoms with Gasteiger partial charge in [-0.3, -0.25) is 4.99 Å². The maximum Gasteiger partial charge on any atom is 0.191 e. The lowest BCUT2D eigenvalue weighted by Crippen LogP contribution is -2.42. The molecule has 0 radical (unpaired) electrons. The zero-order chi connectivity index (χ0) is 18.2. The third kappa shape index (κ3) is 6.50. The molecule has 1 unspecified atom stereocenters. The molecule has 0 saturated heterocycles. The summed E-state index contributed by atoms with van der Waals surface area (Å²) in [6.45, 7) is 1.70. The second kappa shape index (κ2) is 10.7. The molecule has 4 nitrogen and oxygen atoms in total. The Hall–Kier alpha value is -1.60. The van der Waals surface area contributed by atoms with Crippen molar-refractivity contribution in [2.45, 2.75) is 25.2 Å². The molecule has 0 aliphatic heterocycles. The number of aliphatic hydroxyl groups excluding tert-OH is 1. The van der Waals surface area contributed by atoms with Crippen molar-refractivity contribution in [1.82, 2.24) is 10.6 Å². The first-order valence-electron chi connectivity index (χ1n) is 9.39. The molecule has 5 heteroatoms. The van der Waals surface area contributed by atoms with Crippen LogP contribution < -0.4 is 10.6 Å². The van der Waals surface area contributed by atoms with Crippen molar-refractivity contribution in [3.05, 3.63) is 71.8 Å². The number of aliphatic hydroxyl groups is 1. The second-order valence-corrected chi connectivity index (χ2v) is 7.26. The molecule has 0 amide bonds. The summed E-state index contributed by atoms with van der Waals surface area (Å²) in [5.74, 6) is 0.868. The highest BCUT2D eigenvalue weighted by Crippen LogP contribution is 2.47. The quantitative estimate of drug-likeness (QED) is 0.308. The average Bonchev–Trinajstić information content (AvgIpc) is 3.46. The monoisotopic (exact) mass is 479 g/mol. The van der Waals surface area contributed by atoms with Crippen LogP contribution in [0.25, 0.3) is 0 Å². The van der Waals surface area contributed by atoms with E-state index in [0.717, 1.165) is 24.5 Å². The molecule has 2 aromatic carbocycles. The van der Waals surface area contributed by atoms with Gasteiger partial charge >= 0.3 is 0 Å². The molecule has 3 N–H and O–H groups in total. The molecule has 1 aliphatic carbocycles. The number of nitrogens with zero attached hydrogens (tertiary/aromatic N) is 1. The molecular formula is C22H30IN3O. The minimum atomic E-state index is 0. The van der Waals surface area contributed by atoms with Crippen molar-refractivity contribution in [3.8, 4) is 0 Å². The normalized spacial score (nSPS) is 16.1. The van der Waals surface area contributed by atoms with Crippen molar-refractivity contribution < 1.29 is 5.11 Å². The first kappa shape index (κ1) is 21.7. The Balaban J connectivity index is 0.00000261. The Bertz CT molecular complexity index is 702. The average molecular weight is 479 g/mol. The number of aliphatic imine (C=N–C) groups is 1. The van der Waals surface area contributed by atoms with E-state index in [2.05, 4.69) is 58.1 Å². The molecule has 0 spiro atoms. The summed E-state index contributed by atoms with van der Waals surface area (Å²) in [5, 5.41) is 16.5. The van der Waals surface area contributed by atoms with E-state index in [1.165, 1.54) is 18.4 Å². The summed E-state index contributed by atoms with van der Waals surface area (Å²) in [6, 6.07) is 20.8. The molecular weight excluding hydrogens is 449 g/mol. The number of hydrogen-bond donors (Lipinski definition) is 3. The van der Waals surface area contributed by atoms with Crippen LogP contribution in [0.15, 0.2) is 65.7 Å². The van der Waals surface area contributed by atoms with Crippen molar-refractivity contribution in [2.24, 2.45) is 10.4 Å². The summed E-state index contributed by atoms with van der Waals surface area (Å²) < 4.78 is 0. The Labute approximate surface area is 179 Å². The smallest absolute Gasteiger partial charge is 0.191 e. The number of nitrogens with one attached hydrogen (secondary N) is 2. The third-order valence-electron chi connectivity index (χ3n) is 5.24. The van der Waals surface area contributed by atoms with Gasteiger partial charge in [-0.2, -0.15) is 0 Å². The van der Waals surface area contributed by atoms with Gasteiger partial charge in [0, 0.05) is 26.1 Å². The van der Waals surface area contributed by atoms with Gasteiger partial charge in [-0.05, 0) is 35.8 Å². The predicted molar refractivity (Wildman–Crippen MR) is 123 cm³/mol. The van der Waals surface area contributed by atoms with Crippen LogP contribution in [-0.2, 0) is 6.42 Å². The van der Waals surface area contributed by atoms with E-state index in [-0.39, 0.29) is 36.5 Å². The lowest BCUT2D eigenvalue weighted by molar-refractivity contribution is 0.265. The highest BCUT2D eigenvalue weighted by atomic mass is 127. The third-order valence-corrected chi connectivity index (χ3v) is 5.24. The molecule has 0 heterocycles. The SMILES string of the molecule is CN=C(NCC(CO)c1ccccc1)NCC1(Cc2ccccc2)CC1.I. The summed E-state index contributed by atoms with van der Waals surface area (Å²) in [4.78, 5) is 4.34. The zero-order valence-corrected chi connectivity index (χ0v) is 18.2. The maximum atomic E-state index is 9.70. The van der Waals surface area contributed by atoms with Crippen molar-refractivity contribution in [3.63, 3.8) is 0 Å². The molecule has 1 aliphatic rings. The molecule has 1 fully saturated rings. The van der Waals surface area contributed by atoms with Gasteiger partial charge in [-0.1, -0.05) is 60.7 Å². The van der Waals surface area contributed by atoms with Crippen LogP contribution in [0.2, 0.25) is 0 Å². The van der Waals surface area contributed by atoms with Crippen molar-refractivity contribution >= 4 is 29.9 Å². The van der Waals surface area contributed by atoms with E-state index >= 15 is 0 Å². The fourth-order valence-corrected chi connectivity index (χ4v) is 3.35. The summed E-state index contributed by atoms with van der Waals surface area (Å²) >= 11 is 0. The molecule has 0 aromatic heterocycles. The number of benzene rings is 2. The fraction of sp³-hybridized carbons (Fsp3) is 0.409.